The summed E-state index contributed by atoms with van der Waals surface area (Å²) in [6, 6.07) is 11.3. The molecule has 0 bridgehead atoms. The second kappa shape index (κ2) is 5.39. The van der Waals surface area contributed by atoms with Crippen LogP contribution in [0.15, 0.2) is 41.0 Å². The van der Waals surface area contributed by atoms with Crippen LogP contribution < -0.4 is 0 Å². The number of aryl methyl sites for hydroxylation is 1. The SMILES string of the molecule is Cc1cc(Br)c(Cn2nc3ccc(C#N)cc3c2O)c2cc[nH]c12. The number of rotatable bonds is 2. The van der Waals surface area contributed by atoms with Crippen molar-refractivity contribution in [2.75, 3.05) is 0 Å². The lowest BCUT2D eigenvalue weighted by atomic mass is 10.1. The second-order valence-electron chi connectivity index (χ2n) is 5.75. The smallest absolute Gasteiger partial charge is 0.217 e. The minimum atomic E-state index is 0.0678. The number of fused-ring (bicyclic) bond motifs is 2. The van der Waals surface area contributed by atoms with Crippen LogP contribution in [0.2, 0.25) is 0 Å². The summed E-state index contributed by atoms with van der Waals surface area (Å²) >= 11 is 3.62. The molecule has 0 aliphatic heterocycles. The Morgan fingerprint density at radius 1 is 1.29 bits per heavy atom. The molecule has 2 heterocycles. The van der Waals surface area contributed by atoms with Gasteiger partial charge in [0.1, 0.15) is 0 Å². The molecule has 2 N–H and O–H groups in total. The van der Waals surface area contributed by atoms with Gasteiger partial charge in [0.15, 0.2) is 0 Å². The molecule has 0 atom stereocenters. The van der Waals surface area contributed by atoms with Crippen LogP contribution in [0, 0.1) is 18.3 Å². The normalized spacial score (nSPS) is 11.2. The van der Waals surface area contributed by atoms with Crippen molar-refractivity contribution < 1.29 is 5.11 Å². The number of H-pyrrole nitrogens is 1. The zero-order chi connectivity index (χ0) is 16.8. The van der Waals surface area contributed by atoms with Crippen LogP contribution in [-0.2, 0) is 6.54 Å². The maximum absolute atomic E-state index is 10.5. The van der Waals surface area contributed by atoms with Crippen molar-refractivity contribution in [2.45, 2.75) is 13.5 Å². The van der Waals surface area contributed by atoms with E-state index in [1.54, 1.807) is 22.9 Å². The lowest BCUT2D eigenvalue weighted by Gasteiger charge is -2.10. The third kappa shape index (κ3) is 2.17. The Bertz CT molecular complexity index is 1130. The van der Waals surface area contributed by atoms with Gasteiger partial charge in [-0.05, 0) is 48.4 Å². The van der Waals surface area contributed by atoms with Gasteiger partial charge in [0.05, 0.1) is 29.1 Å². The maximum Gasteiger partial charge on any atom is 0.217 e. The van der Waals surface area contributed by atoms with Gasteiger partial charge in [-0.15, -0.1) is 0 Å². The molecular formula is C18H13BrN4O. The monoisotopic (exact) mass is 380 g/mol. The van der Waals surface area contributed by atoms with E-state index in [9.17, 15) is 5.11 Å². The lowest BCUT2D eigenvalue weighted by Crippen LogP contribution is -2.03. The molecule has 24 heavy (non-hydrogen) atoms. The first-order valence-corrected chi connectivity index (χ1v) is 8.22. The molecule has 0 unspecified atom stereocenters. The highest BCUT2D eigenvalue weighted by atomic mass is 79.9. The number of benzene rings is 2. The van der Waals surface area contributed by atoms with Crippen LogP contribution in [0.5, 0.6) is 5.88 Å². The van der Waals surface area contributed by atoms with E-state index in [2.05, 4.69) is 45.1 Å². The Hall–Kier alpha value is -2.78. The van der Waals surface area contributed by atoms with E-state index in [-0.39, 0.29) is 5.88 Å². The van der Waals surface area contributed by atoms with E-state index >= 15 is 0 Å². The Labute approximate surface area is 146 Å². The lowest BCUT2D eigenvalue weighted by molar-refractivity contribution is 0.414. The minimum Gasteiger partial charge on any atom is -0.493 e. The molecule has 5 nitrogen and oxygen atoms in total. The number of aromatic hydroxyl groups is 1. The Morgan fingerprint density at radius 2 is 2.12 bits per heavy atom. The number of hydrogen-bond acceptors (Lipinski definition) is 3. The van der Waals surface area contributed by atoms with Crippen molar-refractivity contribution in [1.29, 1.82) is 5.26 Å². The van der Waals surface area contributed by atoms with Crippen LogP contribution in [0.1, 0.15) is 16.7 Å². The first kappa shape index (κ1) is 14.8. The number of hydrogen-bond donors (Lipinski definition) is 2. The molecular weight excluding hydrogens is 368 g/mol. The molecule has 4 aromatic rings. The molecule has 0 fully saturated rings. The molecule has 2 aromatic heterocycles. The molecule has 2 aromatic carbocycles. The van der Waals surface area contributed by atoms with Gasteiger partial charge < -0.3 is 10.1 Å². The molecule has 0 saturated carbocycles. The maximum atomic E-state index is 10.5. The van der Waals surface area contributed by atoms with Crippen LogP contribution in [0.4, 0.5) is 0 Å². The summed E-state index contributed by atoms with van der Waals surface area (Å²) in [6.07, 6.45) is 1.91. The highest BCUT2D eigenvalue weighted by Crippen LogP contribution is 2.32. The van der Waals surface area contributed by atoms with Crippen molar-refractivity contribution in [1.82, 2.24) is 14.8 Å². The van der Waals surface area contributed by atoms with Crippen LogP contribution in [0.3, 0.4) is 0 Å². The molecule has 4 rings (SSSR count). The second-order valence-corrected chi connectivity index (χ2v) is 6.60. The molecule has 0 spiro atoms. The van der Waals surface area contributed by atoms with Crippen molar-refractivity contribution in [3.05, 3.63) is 57.7 Å². The standard InChI is InChI=1S/C18H13BrN4O/c1-10-6-15(19)14(12-4-5-21-17(10)12)9-23-18(24)13-7-11(8-20)2-3-16(13)22-23/h2-7,21,24H,9H2,1H3. The Kier molecular flexibility index (Phi) is 3.32. The summed E-state index contributed by atoms with van der Waals surface area (Å²) in [5.41, 5.74) is 4.44. The number of nitrogens with zero attached hydrogens (tertiary/aromatic N) is 3. The van der Waals surface area contributed by atoms with Crippen molar-refractivity contribution in [2.24, 2.45) is 0 Å². The quantitative estimate of drug-likeness (QED) is 0.546. The Morgan fingerprint density at radius 3 is 2.92 bits per heavy atom. The zero-order valence-corrected chi connectivity index (χ0v) is 14.4. The summed E-state index contributed by atoms with van der Waals surface area (Å²) in [4.78, 5) is 3.25. The van der Waals surface area contributed by atoms with Gasteiger partial charge in [0.2, 0.25) is 5.88 Å². The van der Waals surface area contributed by atoms with Gasteiger partial charge in [0, 0.05) is 21.6 Å². The third-order valence-corrected chi connectivity index (χ3v) is 4.95. The number of aromatic nitrogens is 3. The van der Waals surface area contributed by atoms with Crippen molar-refractivity contribution in [3.8, 4) is 11.9 Å². The van der Waals surface area contributed by atoms with E-state index in [1.807, 2.05) is 12.3 Å². The van der Waals surface area contributed by atoms with E-state index in [4.69, 9.17) is 5.26 Å². The molecule has 0 aliphatic carbocycles. The molecule has 0 amide bonds. The molecule has 118 valence electrons. The molecule has 6 heteroatoms. The highest BCUT2D eigenvalue weighted by Gasteiger charge is 2.15. The predicted octanol–water partition coefficient (Wildman–Crippen LogP) is 4.21. The first-order valence-electron chi connectivity index (χ1n) is 7.43. The average Bonchev–Trinajstić information content (AvgIpc) is 3.17. The summed E-state index contributed by atoms with van der Waals surface area (Å²) in [5, 5.41) is 25.7. The summed E-state index contributed by atoms with van der Waals surface area (Å²) in [5.74, 6) is 0.0678. The van der Waals surface area contributed by atoms with Crippen molar-refractivity contribution in [3.63, 3.8) is 0 Å². The third-order valence-electron chi connectivity index (χ3n) is 4.25. The fraction of sp³-hybridized carbons (Fsp3) is 0.111. The molecule has 0 radical (unpaired) electrons. The van der Waals surface area contributed by atoms with E-state index in [1.165, 1.54) is 0 Å². The van der Waals surface area contributed by atoms with E-state index < -0.39 is 0 Å². The van der Waals surface area contributed by atoms with Gasteiger partial charge in [0.25, 0.3) is 0 Å². The van der Waals surface area contributed by atoms with Gasteiger partial charge in [-0.1, -0.05) is 15.9 Å². The van der Waals surface area contributed by atoms with Gasteiger partial charge in [-0.2, -0.15) is 10.4 Å². The van der Waals surface area contributed by atoms with Crippen LogP contribution in [-0.4, -0.2) is 19.9 Å². The summed E-state index contributed by atoms with van der Waals surface area (Å²) in [7, 11) is 0. The Balaban J connectivity index is 1.87. The number of nitriles is 1. The topological polar surface area (TPSA) is 77.6 Å². The largest absolute Gasteiger partial charge is 0.493 e. The molecule has 0 aliphatic rings. The predicted molar refractivity (Wildman–Crippen MR) is 96.0 cm³/mol. The zero-order valence-electron chi connectivity index (χ0n) is 12.8. The average molecular weight is 381 g/mol. The van der Waals surface area contributed by atoms with Crippen molar-refractivity contribution >= 4 is 37.7 Å². The van der Waals surface area contributed by atoms with Crippen LogP contribution in [0.25, 0.3) is 21.8 Å². The minimum absolute atomic E-state index is 0.0678. The molecule has 0 saturated heterocycles. The number of halogens is 1. The fourth-order valence-corrected chi connectivity index (χ4v) is 3.72. The number of aromatic amines is 1. The first-order chi connectivity index (χ1) is 11.6. The van der Waals surface area contributed by atoms with Gasteiger partial charge >= 0.3 is 0 Å². The van der Waals surface area contributed by atoms with E-state index in [0.717, 1.165) is 26.5 Å². The summed E-state index contributed by atoms with van der Waals surface area (Å²) in [6.45, 7) is 2.48. The number of nitrogens with one attached hydrogen (secondary N) is 1. The highest BCUT2D eigenvalue weighted by molar-refractivity contribution is 9.10. The summed E-state index contributed by atoms with van der Waals surface area (Å²) < 4.78 is 2.54. The van der Waals surface area contributed by atoms with Crippen LogP contribution >= 0.6 is 15.9 Å². The fourth-order valence-electron chi connectivity index (χ4n) is 3.03. The van der Waals surface area contributed by atoms with Gasteiger partial charge in [-0.3, -0.25) is 0 Å². The van der Waals surface area contributed by atoms with Gasteiger partial charge in [-0.25, -0.2) is 4.68 Å². The van der Waals surface area contributed by atoms with E-state index in [0.29, 0.717) is 23.0 Å².